The summed E-state index contributed by atoms with van der Waals surface area (Å²) in [5, 5.41) is 17.9. The molecule has 0 aliphatic heterocycles. The lowest BCUT2D eigenvalue weighted by molar-refractivity contribution is 0.0909. The molecule has 0 amide bonds. The minimum absolute atomic E-state index is 0.0740. The molecule has 1 rings (SSSR count). The Kier molecular flexibility index (Phi) is 5.39. The molecule has 4 heteroatoms. The van der Waals surface area contributed by atoms with Crippen molar-refractivity contribution in [3.8, 4) is 0 Å². The lowest BCUT2D eigenvalue weighted by Gasteiger charge is -2.12. The van der Waals surface area contributed by atoms with E-state index in [2.05, 4.69) is 6.92 Å². The standard InChI is InChI=1S/C13H19BO3/c1-3-5-10(4-2)13(15)11-6-8-12(9-7-11)14(16)17/h6-10,16-17H,3-5H2,1-2H3. The van der Waals surface area contributed by atoms with Crippen LogP contribution < -0.4 is 5.46 Å². The predicted molar refractivity (Wildman–Crippen MR) is 69.3 cm³/mol. The van der Waals surface area contributed by atoms with Crippen LogP contribution in [0.15, 0.2) is 24.3 Å². The third-order valence-corrected chi connectivity index (χ3v) is 2.99. The second kappa shape index (κ2) is 6.57. The maximum absolute atomic E-state index is 12.1. The number of Topliss-reactive ketones (excluding diaryl/α,β-unsaturated/α-hetero) is 1. The first kappa shape index (κ1) is 13.9. The third-order valence-electron chi connectivity index (χ3n) is 2.99. The molecular formula is C13H19BO3. The summed E-state index contributed by atoms with van der Waals surface area (Å²) >= 11 is 0. The lowest BCUT2D eigenvalue weighted by Crippen LogP contribution is -2.29. The highest BCUT2D eigenvalue weighted by Gasteiger charge is 2.18. The molecule has 0 fully saturated rings. The van der Waals surface area contributed by atoms with E-state index in [1.54, 1.807) is 24.3 Å². The number of carbonyl (C=O) groups excluding carboxylic acids is 1. The number of benzene rings is 1. The van der Waals surface area contributed by atoms with Gasteiger partial charge in [0.05, 0.1) is 0 Å². The Morgan fingerprint density at radius 3 is 2.24 bits per heavy atom. The normalized spacial score (nSPS) is 12.2. The molecule has 0 radical (unpaired) electrons. The van der Waals surface area contributed by atoms with Crippen LogP contribution in [-0.2, 0) is 0 Å². The number of hydrogen-bond donors (Lipinski definition) is 2. The van der Waals surface area contributed by atoms with Crippen LogP contribution in [0.1, 0.15) is 43.5 Å². The van der Waals surface area contributed by atoms with Crippen LogP contribution in [0.25, 0.3) is 0 Å². The quantitative estimate of drug-likeness (QED) is 0.577. The minimum atomic E-state index is -1.48. The van der Waals surface area contributed by atoms with Gasteiger partial charge in [0.15, 0.2) is 5.78 Å². The van der Waals surface area contributed by atoms with Crippen molar-refractivity contribution in [2.45, 2.75) is 33.1 Å². The van der Waals surface area contributed by atoms with Crippen molar-refractivity contribution in [3.05, 3.63) is 29.8 Å². The van der Waals surface area contributed by atoms with Crippen molar-refractivity contribution >= 4 is 18.4 Å². The highest BCUT2D eigenvalue weighted by atomic mass is 16.4. The van der Waals surface area contributed by atoms with Crippen LogP contribution in [0.5, 0.6) is 0 Å². The Labute approximate surface area is 103 Å². The summed E-state index contributed by atoms with van der Waals surface area (Å²) in [7, 11) is -1.48. The maximum atomic E-state index is 12.1. The average Bonchev–Trinajstić information content (AvgIpc) is 2.35. The zero-order valence-electron chi connectivity index (χ0n) is 10.4. The lowest BCUT2D eigenvalue weighted by atomic mass is 9.79. The van der Waals surface area contributed by atoms with Gasteiger partial charge in [0.2, 0.25) is 0 Å². The molecule has 1 aromatic rings. The molecule has 0 aliphatic carbocycles. The Balaban J connectivity index is 2.81. The van der Waals surface area contributed by atoms with Crippen LogP contribution in [0.3, 0.4) is 0 Å². The monoisotopic (exact) mass is 234 g/mol. The summed E-state index contributed by atoms with van der Waals surface area (Å²) in [4.78, 5) is 12.1. The van der Waals surface area contributed by atoms with Crippen LogP contribution >= 0.6 is 0 Å². The molecule has 0 aromatic heterocycles. The van der Waals surface area contributed by atoms with E-state index in [0.717, 1.165) is 19.3 Å². The van der Waals surface area contributed by atoms with Gasteiger partial charge in [0.25, 0.3) is 0 Å². The van der Waals surface area contributed by atoms with E-state index in [1.165, 1.54) is 0 Å². The van der Waals surface area contributed by atoms with Gasteiger partial charge in [-0.3, -0.25) is 4.79 Å². The van der Waals surface area contributed by atoms with Crippen LogP contribution in [0.4, 0.5) is 0 Å². The third kappa shape index (κ3) is 3.68. The first-order chi connectivity index (χ1) is 8.10. The molecule has 0 spiro atoms. The molecule has 0 aliphatic rings. The van der Waals surface area contributed by atoms with Crippen LogP contribution in [0, 0.1) is 5.92 Å². The van der Waals surface area contributed by atoms with Crippen molar-refractivity contribution in [2.75, 3.05) is 0 Å². The summed E-state index contributed by atoms with van der Waals surface area (Å²) in [5.74, 6) is 0.221. The number of rotatable bonds is 6. The Hall–Kier alpha value is -1.13. The zero-order valence-corrected chi connectivity index (χ0v) is 10.4. The van der Waals surface area contributed by atoms with E-state index in [4.69, 9.17) is 10.0 Å². The van der Waals surface area contributed by atoms with Gasteiger partial charge in [-0.25, -0.2) is 0 Å². The van der Waals surface area contributed by atoms with Gasteiger partial charge < -0.3 is 10.0 Å². The Morgan fingerprint density at radius 2 is 1.82 bits per heavy atom. The summed E-state index contributed by atoms with van der Waals surface area (Å²) in [6, 6.07) is 6.48. The molecule has 17 heavy (non-hydrogen) atoms. The van der Waals surface area contributed by atoms with E-state index >= 15 is 0 Å². The molecule has 0 saturated carbocycles. The van der Waals surface area contributed by atoms with E-state index in [-0.39, 0.29) is 11.7 Å². The highest BCUT2D eigenvalue weighted by Crippen LogP contribution is 2.17. The largest absolute Gasteiger partial charge is 0.488 e. The summed E-state index contributed by atoms with van der Waals surface area (Å²) in [5.41, 5.74) is 1.06. The van der Waals surface area contributed by atoms with Gasteiger partial charge >= 0.3 is 7.12 Å². The van der Waals surface area contributed by atoms with Crippen molar-refractivity contribution in [3.63, 3.8) is 0 Å². The van der Waals surface area contributed by atoms with E-state index in [1.807, 2.05) is 6.92 Å². The van der Waals surface area contributed by atoms with Gasteiger partial charge in [0.1, 0.15) is 0 Å². The minimum Gasteiger partial charge on any atom is -0.423 e. The van der Waals surface area contributed by atoms with Gasteiger partial charge in [-0.15, -0.1) is 0 Å². The molecule has 1 aromatic carbocycles. The van der Waals surface area contributed by atoms with E-state index < -0.39 is 7.12 Å². The molecule has 3 nitrogen and oxygen atoms in total. The highest BCUT2D eigenvalue weighted by molar-refractivity contribution is 6.58. The molecule has 0 bridgehead atoms. The second-order valence-corrected chi connectivity index (χ2v) is 4.25. The first-order valence-electron chi connectivity index (χ1n) is 6.10. The fourth-order valence-corrected chi connectivity index (χ4v) is 1.92. The van der Waals surface area contributed by atoms with Gasteiger partial charge in [-0.2, -0.15) is 0 Å². The van der Waals surface area contributed by atoms with Gasteiger partial charge in [-0.05, 0) is 18.3 Å². The molecule has 0 saturated heterocycles. The summed E-state index contributed by atoms with van der Waals surface area (Å²) < 4.78 is 0. The van der Waals surface area contributed by atoms with E-state index in [9.17, 15) is 4.79 Å². The van der Waals surface area contributed by atoms with Crippen LogP contribution in [0.2, 0.25) is 0 Å². The van der Waals surface area contributed by atoms with Crippen LogP contribution in [-0.4, -0.2) is 22.9 Å². The number of ketones is 1. The average molecular weight is 234 g/mol. The molecule has 92 valence electrons. The second-order valence-electron chi connectivity index (χ2n) is 4.25. The van der Waals surface area contributed by atoms with Gasteiger partial charge in [0, 0.05) is 11.5 Å². The SMILES string of the molecule is CCCC(CC)C(=O)c1ccc(B(O)O)cc1. The van der Waals surface area contributed by atoms with Crippen molar-refractivity contribution in [1.29, 1.82) is 0 Å². The predicted octanol–water partition coefficient (Wildman–Crippen LogP) is 1.38. The summed E-state index contributed by atoms with van der Waals surface area (Å²) in [6.07, 6.45) is 2.74. The first-order valence-corrected chi connectivity index (χ1v) is 6.10. The Morgan fingerprint density at radius 1 is 1.24 bits per heavy atom. The topological polar surface area (TPSA) is 57.5 Å². The molecule has 0 heterocycles. The van der Waals surface area contributed by atoms with Crippen molar-refractivity contribution in [1.82, 2.24) is 0 Å². The molecule has 1 atom stereocenters. The maximum Gasteiger partial charge on any atom is 0.488 e. The van der Waals surface area contributed by atoms with Crippen molar-refractivity contribution in [2.24, 2.45) is 5.92 Å². The summed E-state index contributed by atoms with van der Waals surface area (Å²) in [6.45, 7) is 4.09. The number of hydrogen-bond acceptors (Lipinski definition) is 3. The zero-order chi connectivity index (χ0) is 12.8. The van der Waals surface area contributed by atoms with E-state index in [0.29, 0.717) is 11.0 Å². The van der Waals surface area contributed by atoms with Gasteiger partial charge in [-0.1, -0.05) is 44.5 Å². The Bertz CT molecular complexity index is 359. The van der Waals surface area contributed by atoms with Crippen molar-refractivity contribution < 1.29 is 14.8 Å². The molecule has 1 unspecified atom stereocenters. The smallest absolute Gasteiger partial charge is 0.423 e. The fourth-order valence-electron chi connectivity index (χ4n) is 1.92. The molecule has 2 N–H and O–H groups in total. The fraction of sp³-hybridized carbons (Fsp3) is 0.462. The number of carbonyl (C=O) groups is 1. The molecular weight excluding hydrogens is 215 g/mol.